The molecule has 0 aliphatic carbocycles. The molecule has 8 aromatic rings. The highest BCUT2D eigenvalue weighted by Gasteiger charge is 2.25. The minimum Gasteiger partial charge on any atom is -0.493 e. The van der Waals surface area contributed by atoms with E-state index in [4.69, 9.17) is 9.47 Å². The number of hydrogen-bond donors (Lipinski definition) is 2. The van der Waals surface area contributed by atoms with Gasteiger partial charge in [0.05, 0.1) is 30.2 Å². The highest BCUT2D eigenvalue weighted by Crippen LogP contribution is 2.35. The zero-order chi connectivity index (χ0) is 48.8. The van der Waals surface area contributed by atoms with Crippen molar-refractivity contribution in [2.45, 2.75) is 46.3 Å². The molecule has 4 aromatic carbocycles. The summed E-state index contributed by atoms with van der Waals surface area (Å²) >= 11 is 0. The number of nitrogens with zero attached hydrogens (tertiary/aromatic N) is 8. The summed E-state index contributed by atoms with van der Waals surface area (Å²) in [5, 5.41) is 6.29. The van der Waals surface area contributed by atoms with Gasteiger partial charge >= 0.3 is 0 Å². The average Bonchev–Trinajstić information content (AvgIpc) is 4.15. The molecule has 0 saturated carbocycles. The van der Waals surface area contributed by atoms with Crippen LogP contribution >= 0.6 is 0 Å². The third-order valence-electron chi connectivity index (χ3n) is 11.9. The topological polar surface area (TPSA) is 126 Å². The van der Waals surface area contributed by atoms with Crippen molar-refractivity contribution in [2.24, 2.45) is 0 Å². The lowest BCUT2D eigenvalue weighted by Gasteiger charge is -2.15. The van der Waals surface area contributed by atoms with Crippen molar-refractivity contribution in [1.29, 1.82) is 0 Å². The maximum atomic E-state index is 15.0. The fourth-order valence-corrected chi connectivity index (χ4v) is 8.60. The fraction of sp³-hybridized carbons (Fsp3) is 0.260. The molecule has 1 amide bonds. The Morgan fingerprint density at radius 2 is 1.16 bits per heavy atom. The second-order valence-electron chi connectivity index (χ2n) is 17.2. The summed E-state index contributed by atoms with van der Waals surface area (Å²) in [6.07, 6.45) is 7.55. The Bertz CT molecular complexity index is 3320. The molecule has 0 bridgehead atoms. The normalized spacial score (nSPS) is 12.7. The number of amides is 1. The standard InChI is InChI=1S/C25H22F3N5O2.C25H24F3N5O/c1-13-12-33-23(31-13)18(15-8-21(28)16(9-20(15)27)24(34)32(2)3)11-30-25(33)29-10-17-14-6-7-35-22(14)5-4-19(17)26;1-14-12-33-24(31-14)19(17-5-4-15(13-32(2)3)22(27)23(17)28)11-30-25(33)29-10-18-16-8-9-34-21(16)7-6-20(18)26/h4-5,8-9,11-12H,6-7,10H2,1-3H3,(H,29,30);4-7,11-12H,8-10,13H2,1-3H3,(H,29,30). The summed E-state index contributed by atoms with van der Waals surface area (Å²) in [5.41, 5.74) is 5.29. The number of carbonyl (C=O) groups is 1. The number of benzene rings is 4. The summed E-state index contributed by atoms with van der Waals surface area (Å²) in [4.78, 5) is 32.9. The van der Waals surface area contributed by atoms with E-state index in [1.165, 1.54) is 43.5 Å². The van der Waals surface area contributed by atoms with Crippen LogP contribution in [-0.4, -0.2) is 85.8 Å². The van der Waals surface area contributed by atoms with Crippen LogP contribution < -0.4 is 20.1 Å². The Morgan fingerprint density at radius 1 is 0.638 bits per heavy atom. The number of anilines is 2. The first-order valence-corrected chi connectivity index (χ1v) is 21.9. The maximum absolute atomic E-state index is 15.0. The molecule has 356 valence electrons. The lowest BCUT2D eigenvalue weighted by Crippen LogP contribution is -2.23. The van der Waals surface area contributed by atoms with Gasteiger partial charge in [-0.15, -0.1) is 0 Å². The number of rotatable bonds is 11. The summed E-state index contributed by atoms with van der Waals surface area (Å²) in [7, 11) is 6.51. The molecule has 0 spiro atoms. The van der Waals surface area contributed by atoms with Crippen molar-refractivity contribution in [1.82, 2.24) is 38.5 Å². The number of carbonyl (C=O) groups excluding carboxylic acids is 1. The number of halogens is 6. The van der Waals surface area contributed by atoms with E-state index in [0.29, 0.717) is 88.8 Å². The van der Waals surface area contributed by atoms with Gasteiger partial charge in [-0.3, -0.25) is 13.6 Å². The predicted molar refractivity (Wildman–Crippen MR) is 247 cm³/mol. The molecule has 19 heteroatoms. The molecule has 0 atom stereocenters. The summed E-state index contributed by atoms with van der Waals surface area (Å²) < 4.78 is 103. The first kappa shape index (κ1) is 46.4. The summed E-state index contributed by atoms with van der Waals surface area (Å²) in [6, 6.07) is 11.0. The highest BCUT2D eigenvalue weighted by atomic mass is 19.2. The van der Waals surface area contributed by atoms with Crippen LogP contribution in [-0.2, 0) is 32.5 Å². The van der Waals surface area contributed by atoms with Crippen LogP contribution in [0.4, 0.5) is 38.2 Å². The van der Waals surface area contributed by atoms with E-state index in [1.807, 2.05) is 0 Å². The van der Waals surface area contributed by atoms with Gasteiger partial charge in [0.1, 0.15) is 46.1 Å². The van der Waals surface area contributed by atoms with E-state index in [2.05, 4.69) is 30.6 Å². The number of hydrogen-bond acceptors (Lipinski definition) is 10. The molecule has 0 saturated heterocycles. The second kappa shape index (κ2) is 18.8. The van der Waals surface area contributed by atoms with Gasteiger partial charge in [0.25, 0.3) is 5.91 Å². The Morgan fingerprint density at radius 3 is 1.67 bits per heavy atom. The molecule has 6 heterocycles. The summed E-state index contributed by atoms with van der Waals surface area (Å²) in [6.45, 7) is 5.23. The number of fused-ring (bicyclic) bond motifs is 4. The van der Waals surface area contributed by atoms with E-state index in [-0.39, 0.29) is 59.1 Å². The number of ether oxygens (including phenoxy) is 2. The van der Waals surface area contributed by atoms with E-state index in [9.17, 15) is 22.4 Å². The van der Waals surface area contributed by atoms with Gasteiger partial charge in [-0.05, 0) is 64.3 Å². The van der Waals surface area contributed by atoms with Gasteiger partial charge in [0.2, 0.25) is 11.9 Å². The number of nitrogens with one attached hydrogen (secondary N) is 2. The van der Waals surface area contributed by atoms with Crippen molar-refractivity contribution in [3.05, 3.63) is 153 Å². The van der Waals surface area contributed by atoms with Crippen LogP contribution in [0.5, 0.6) is 11.5 Å². The minimum absolute atomic E-state index is 0.0727. The lowest BCUT2D eigenvalue weighted by molar-refractivity contribution is 0.0822. The van der Waals surface area contributed by atoms with Crippen LogP contribution in [0.2, 0.25) is 0 Å². The molecule has 4 aromatic heterocycles. The lowest BCUT2D eigenvalue weighted by atomic mass is 10.0. The Hall–Kier alpha value is -7.67. The molecular weight excluding hydrogens is 903 g/mol. The molecular formula is C50H46F6N10O3. The van der Waals surface area contributed by atoms with Crippen LogP contribution in [0.3, 0.4) is 0 Å². The van der Waals surface area contributed by atoms with Gasteiger partial charge in [-0.25, -0.2) is 46.3 Å². The Kier molecular flexibility index (Phi) is 12.6. The van der Waals surface area contributed by atoms with Gasteiger partial charge in [-0.2, -0.15) is 0 Å². The van der Waals surface area contributed by atoms with Gasteiger partial charge < -0.3 is 29.9 Å². The molecule has 0 unspecified atom stereocenters. The van der Waals surface area contributed by atoms with E-state index in [1.54, 1.807) is 78.3 Å². The second-order valence-corrected chi connectivity index (χ2v) is 17.2. The molecule has 2 aliphatic heterocycles. The maximum Gasteiger partial charge on any atom is 0.256 e. The SMILES string of the molecule is Cc1cn2c(NCc3c(F)ccc4c3CCO4)ncc(-c3cc(F)c(C(=O)N(C)C)cc3F)c2n1.Cc1cn2c(NCc3c(F)ccc4c3CCO4)ncc(-c3ccc(CN(C)C)c(F)c3F)c2n1. The minimum atomic E-state index is -0.939. The van der Waals surface area contributed by atoms with Gasteiger partial charge in [0.15, 0.2) is 11.6 Å². The largest absolute Gasteiger partial charge is 0.493 e. The molecule has 13 nitrogen and oxygen atoms in total. The fourth-order valence-electron chi connectivity index (χ4n) is 8.60. The van der Waals surface area contributed by atoms with Crippen LogP contribution in [0.15, 0.2) is 73.3 Å². The van der Waals surface area contributed by atoms with Crippen molar-refractivity contribution in [3.63, 3.8) is 0 Å². The first-order valence-electron chi connectivity index (χ1n) is 21.9. The molecule has 2 N–H and O–H groups in total. The molecule has 0 radical (unpaired) electrons. The van der Waals surface area contributed by atoms with Gasteiger partial charge in [-0.1, -0.05) is 12.1 Å². The Labute approximate surface area is 392 Å². The van der Waals surface area contributed by atoms with Crippen LogP contribution in [0.1, 0.15) is 49.6 Å². The quantitative estimate of drug-likeness (QED) is 0.121. The molecule has 69 heavy (non-hydrogen) atoms. The van der Waals surface area contributed by atoms with E-state index >= 15 is 8.78 Å². The van der Waals surface area contributed by atoms with Gasteiger partial charge in [0, 0.05) is 121 Å². The van der Waals surface area contributed by atoms with Crippen molar-refractivity contribution >= 4 is 29.1 Å². The zero-order valence-electron chi connectivity index (χ0n) is 38.4. The number of aromatic nitrogens is 6. The van der Waals surface area contributed by atoms with Crippen molar-refractivity contribution in [3.8, 4) is 33.8 Å². The molecule has 10 rings (SSSR count). The third kappa shape index (κ3) is 8.96. The van der Waals surface area contributed by atoms with Crippen LogP contribution in [0, 0.1) is 48.8 Å². The average molecular weight is 949 g/mol. The monoisotopic (exact) mass is 948 g/mol. The molecule has 0 fully saturated rings. The van der Waals surface area contributed by atoms with Crippen molar-refractivity contribution < 1.29 is 40.6 Å². The van der Waals surface area contributed by atoms with E-state index in [0.717, 1.165) is 23.3 Å². The third-order valence-corrected chi connectivity index (χ3v) is 11.9. The summed E-state index contributed by atoms with van der Waals surface area (Å²) in [5.74, 6) is -2.61. The van der Waals surface area contributed by atoms with E-state index < -0.39 is 29.2 Å². The number of imidazole rings is 2. The number of aryl methyl sites for hydroxylation is 2. The predicted octanol–water partition coefficient (Wildman–Crippen LogP) is 9.10. The first-order chi connectivity index (χ1) is 33.1. The zero-order valence-corrected chi connectivity index (χ0v) is 38.4. The Balaban J connectivity index is 0.000000172. The molecule has 2 aliphatic rings. The smallest absolute Gasteiger partial charge is 0.256 e. The highest BCUT2D eigenvalue weighted by molar-refractivity contribution is 5.95. The van der Waals surface area contributed by atoms with Crippen LogP contribution in [0.25, 0.3) is 33.5 Å². The van der Waals surface area contributed by atoms with Crippen molar-refractivity contribution in [2.75, 3.05) is 52.0 Å².